The summed E-state index contributed by atoms with van der Waals surface area (Å²) in [6.07, 6.45) is -3.07. The molecule has 9 heteroatoms. The number of amides is 2. The average molecular weight is 349 g/mol. The Morgan fingerprint density at radius 1 is 1.43 bits per heavy atom. The number of thiophene rings is 1. The van der Waals surface area contributed by atoms with Gasteiger partial charge in [0.1, 0.15) is 6.54 Å². The highest BCUT2D eigenvalue weighted by Gasteiger charge is 2.31. The van der Waals surface area contributed by atoms with Crippen LogP contribution in [0.4, 0.5) is 13.2 Å². The zero-order chi connectivity index (χ0) is 17.0. The lowest BCUT2D eigenvalue weighted by Crippen LogP contribution is -2.44. The molecule has 23 heavy (non-hydrogen) atoms. The fraction of sp³-hybridized carbons (Fsp3) is 0.571. The van der Waals surface area contributed by atoms with E-state index in [0.717, 1.165) is 17.8 Å². The summed E-state index contributed by atoms with van der Waals surface area (Å²) in [5.41, 5.74) is 5.65. The Balaban J connectivity index is 1.87. The van der Waals surface area contributed by atoms with Gasteiger partial charge >= 0.3 is 6.18 Å². The molecule has 2 rings (SSSR count). The molecule has 1 aliphatic rings. The monoisotopic (exact) mass is 349 g/mol. The first-order valence-electron chi connectivity index (χ1n) is 7.18. The van der Waals surface area contributed by atoms with Crippen LogP contribution in [0, 0.1) is 5.92 Å². The highest BCUT2D eigenvalue weighted by atomic mass is 32.1. The predicted octanol–water partition coefficient (Wildman–Crippen LogP) is 1.74. The van der Waals surface area contributed by atoms with E-state index >= 15 is 0 Å². The van der Waals surface area contributed by atoms with Crippen LogP contribution >= 0.6 is 11.3 Å². The molecule has 0 bridgehead atoms. The topological polar surface area (TPSA) is 75.4 Å². The predicted molar refractivity (Wildman–Crippen MR) is 79.9 cm³/mol. The summed E-state index contributed by atoms with van der Waals surface area (Å²) in [4.78, 5) is 25.9. The molecule has 128 valence electrons. The Bertz CT molecular complexity index is 574. The Kier molecular flexibility index (Phi) is 5.64. The van der Waals surface area contributed by atoms with Gasteiger partial charge in [0, 0.05) is 23.3 Å². The number of nitrogens with zero attached hydrogens (tertiary/aromatic N) is 1. The van der Waals surface area contributed by atoms with Gasteiger partial charge in [0.2, 0.25) is 11.8 Å². The first-order chi connectivity index (χ1) is 10.7. The van der Waals surface area contributed by atoms with Crippen molar-refractivity contribution in [1.29, 1.82) is 0 Å². The molecular weight excluding hydrogens is 331 g/mol. The van der Waals surface area contributed by atoms with E-state index in [1.54, 1.807) is 11.4 Å². The van der Waals surface area contributed by atoms with Crippen LogP contribution in [-0.2, 0) is 11.3 Å². The number of hydrogen-bond acceptors (Lipinski definition) is 4. The lowest BCUT2D eigenvalue weighted by atomic mass is 9.97. The molecule has 5 nitrogen and oxygen atoms in total. The highest BCUT2D eigenvalue weighted by molar-refractivity contribution is 7.10. The van der Waals surface area contributed by atoms with Crippen molar-refractivity contribution in [3.63, 3.8) is 0 Å². The molecule has 0 saturated carbocycles. The fourth-order valence-electron chi connectivity index (χ4n) is 2.56. The summed E-state index contributed by atoms with van der Waals surface area (Å²) >= 11 is 1.40. The minimum absolute atomic E-state index is 0.410. The van der Waals surface area contributed by atoms with E-state index in [0.29, 0.717) is 25.1 Å². The summed E-state index contributed by atoms with van der Waals surface area (Å²) in [6.45, 7) is 0.441. The van der Waals surface area contributed by atoms with E-state index in [-0.39, 0.29) is 0 Å². The van der Waals surface area contributed by atoms with Crippen molar-refractivity contribution in [3.8, 4) is 0 Å². The summed E-state index contributed by atoms with van der Waals surface area (Å²) in [5.74, 6) is -1.49. The molecule has 0 aliphatic carbocycles. The van der Waals surface area contributed by atoms with Gasteiger partial charge in [0.25, 0.3) is 0 Å². The third-order valence-electron chi connectivity index (χ3n) is 3.66. The average Bonchev–Trinajstić information content (AvgIpc) is 2.93. The lowest BCUT2D eigenvalue weighted by molar-refractivity contribution is -0.141. The molecule has 1 unspecified atom stereocenters. The van der Waals surface area contributed by atoms with Gasteiger partial charge in [0.15, 0.2) is 0 Å². The number of carbonyl (C=O) groups excluding carboxylic acids is 2. The molecule has 0 radical (unpaired) electrons. The number of nitrogens with one attached hydrogen (secondary N) is 1. The van der Waals surface area contributed by atoms with Crippen molar-refractivity contribution in [2.24, 2.45) is 11.7 Å². The highest BCUT2D eigenvalue weighted by Crippen LogP contribution is 2.22. The normalized spacial score (nSPS) is 19.5. The van der Waals surface area contributed by atoms with E-state index in [4.69, 9.17) is 5.73 Å². The smallest absolute Gasteiger partial charge is 0.366 e. The van der Waals surface area contributed by atoms with Crippen LogP contribution in [0.3, 0.4) is 0 Å². The number of primary amides is 1. The van der Waals surface area contributed by atoms with E-state index in [1.165, 1.54) is 11.3 Å². The Hall–Kier alpha value is -1.61. The van der Waals surface area contributed by atoms with Crippen molar-refractivity contribution in [1.82, 2.24) is 10.2 Å². The SMILES string of the molecule is NC(=O)c1csc(CN2CCCC(C(=O)NCC(F)(F)F)C2)c1. The minimum atomic E-state index is -4.40. The number of carbonyl (C=O) groups is 2. The molecule has 3 N–H and O–H groups in total. The van der Waals surface area contributed by atoms with Crippen molar-refractivity contribution in [3.05, 3.63) is 21.9 Å². The second kappa shape index (κ2) is 7.31. The van der Waals surface area contributed by atoms with Gasteiger partial charge in [-0.1, -0.05) is 0 Å². The van der Waals surface area contributed by atoms with Crippen LogP contribution in [0.2, 0.25) is 0 Å². The van der Waals surface area contributed by atoms with Crippen molar-refractivity contribution in [2.45, 2.75) is 25.6 Å². The van der Waals surface area contributed by atoms with Crippen LogP contribution in [0.1, 0.15) is 28.1 Å². The van der Waals surface area contributed by atoms with Crippen LogP contribution in [0.5, 0.6) is 0 Å². The maximum atomic E-state index is 12.2. The Morgan fingerprint density at radius 2 is 2.17 bits per heavy atom. The summed E-state index contributed by atoms with van der Waals surface area (Å²) < 4.78 is 36.5. The molecule has 2 amide bonds. The minimum Gasteiger partial charge on any atom is -0.366 e. The van der Waals surface area contributed by atoms with E-state index in [9.17, 15) is 22.8 Å². The van der Waals surface area contributed by atoms with Crippen molar-refractivity contribution < 1.29 is 22.8 Å². The quantitative estimate of drug-likeness (QED) is 0.850. The van der Waals surface area contributed by atoms with E-state index in [1.807, 2.05) is 10.2 Å². The van der Waals surface area contributed by atoms with Gasteiger partial charge in [-0.3, -0.25) is 14.5 Å². The van der Waals surface area contributed by atoms with E-state index in [2.05, 4.69) is 0 Å². The zero-order valence-corrected chi connectivity index (χ0v) is 13.2. The van der Waals surface area contributed by atoms with Crippen LogP contribution in [0.15, 0.2) is 11.4 Å². The second-order valence-corrected chi connectivity index (χ2v) is 6.57. The summed E-state index contributed by atoms with van der Waals surface area (Å²) in [6, 6.07) is 1.71. The number of nitrogens with two attached hydrogens (primary N) is 1. The second-order valence-electron chi connectivity index (χ2n) is 5.57. The van der Waals surface area contributed by atoms with Crippen LogP contribution < -0.4 is 11.1 Å². The van der Waals surface area contributed by atoms with Crippen LogP contribution in [0.25, 0.3) is 0 Å². The van der Waals surface area contributed by atoms with Crippen molar-refractivity contribution >= 4 is 23.2 Å². The molecule has 2 heterocycles. The summed E-state index contributed by atoms with van der Waals surface area (Å²) in [7, 11) is 0. The van der Waals surface area contributed by atoms with Gasteiger partial charge in [-0.25, -0.2) is 0 Å². The number of alkyl halides is 3. The van der Waals surface area contributed by atoms with E-state index < -0.39 is 30.5 Å². The number of piperidine rings is 1. The van der Waals surface area contributed by atoms with Gasteiger partial charge in [-0.2, -0.15) is 13.2 Å². The Labute approximate surface area is 135 Å². The lowest BCUT2D eigenvalue weighted by Gasteiger charge is -2.31. The molecule has 1 aromatic heterocycles. The Morgan fingerprint density at radius 3 is 2.78 bits per heavy atom. The molecule has 0 aromatic carbocycles. The third-order valence-corrected chi connectivity index (χ3v) is 4.58. The van der Waals surface area contributed by atoms with Crippen LogP contribution in [-0.4, -0.2) is 42.5 Å². The van der Waals surface area contributed by atoms with Gasteiger partial charge in [0.05, 0.1) is 11.5 Å². The number of halogens is 3. The zero-order valence-electron chi connectivity index (χ0n) is 12.4. The van der Waals surface area contributed by atoms with Gasteiger partial charge < -0.3 is 11.1 Å². The van der Waals surface area contributed by atoms with Crippen molar-refractivity contribution in [2.75, 3.05) is 19.6 Å². The standard InChI is InChI=1S/C14H18F3N3O2S/c15-14(16,17)8-19-13(22)9-2-1-3-20(5-9)6-11-4-10(7-23-11)12(18)21/h4,7,9H,1-3,5-6,8H2,(H2,18,21)(H,19,22). The fourth-order valence-corrected chi connectivity index (χ4v) is 3.47. The maximum absolute atomic E-state index is 12.2. The molecule has 1 fully saturated rings. The van der Waals surface area contributed by atoms with Gasteiger partial charge in [-0.15, -0.1) is 11.3 Å². The van der Waals surface area contributed by atoms with Gasteiger partial charge in [-0.05, 0) is 25.5 Å². The molecular formula is C14H18F3N3O2S. The third kappa shape index (κ3) is 5.51. The summed E-state index contributed by atoms with van der Waals surface area (Å²) in [5, 5.41) is 3.62. The molecule has 0 spiro atoms. The molecule has 1 atom stereocenters. The molecule has 1 aliphatic heterocycles. The molecule has 1 saturated heterocycles. The largest absolute Gasteiger partial charge is 0.405 e. The number of rotatable bonds is 5. The number of likely N-dealkylation sites (tertiary alicyclic amines) is 1. The number of hydrogen-bond donors (Lipinski definition) is 2. The maximum Gasteiger partial charge on any atom is 0.405 e. The first kappa shape index (κ1) is 17.7. The molecule has 1 aromatic rings. The first-order valence-corrected chi connectivity index (χ1v) is 8.06.